The van der Waals surface area contributed by atoms with Crippen LogP contribution in [0, 0.1) is 107 Å². The first-order chi connectivity index (χ1) is 51.4. The molecular weight excluding hydrogens is 2450 g/mol. The number of aryl methyl sites for hydroxylation is 9. The van der Waals surface area contributed by atoms with Gasteiger partial charge in [0, 0.05) is 197 Å². The van der Waals surface area contributed by atoms with Crippen molar-refractivity contribution in [2.75, 3.05) is 0 Å². The monoisotopic (exact) mass is 2600 g/mol. The van der Waals surface area contributed by atoms with Crippen LogP contribution in [-0.2, 0) is 126 Å². The number of aromatic nitrogens is 9. The Morgan fingerprint density at radius 1 is 0.137 bits per heavy atom. The fraction of sp³-hybridized carbons (Fsp3) is 0.206. The summed E-state index contributed by atoms with van der Waals surface area (Å²) >= 11 is 0. The fourth-order valence-electron chi connectivity index (χ4n) is 7.18. The molecule has 0 aliphatic heterocycles. The van der Waals surface area contributed by atoms with Gasteiger partial charge in [-0.1, -0.05) is 374 Å². The Labute approximate surface area is 801 Å². The van der Waals surface area contributed by atoms with E-state index in [4.69, 9.17) is 0 Å². The van der Waals surface area contributed by atoms with Crippen LogP contribution >= 0.6 is 0 Å². The van der Waals surface area contributed by atoms with Crippen LogP contribution in [-0.4, -0.2) is 44.9 Å². The Morgan fingerprint density at radius 3 is 0.359 bits per heavy atom. The van der Waals surface area contributed by atoms with Crippen molar-refractivity contribution in [3.05, 3.63) is 461 Å². The van der Waals surface area contributed by atoms with Crippen molar-refractivity contribution in [2.45, 2.75) is 145 Å². The van der Waals surface area contributed by atoms with E-state index in [-0.39, 0.29) is 171 Å². The zero-order chi connectivity index (χ0) is 78.5. The molecule has 6 aromatic heterocycles. The minimum absolute atomic E-state index is 0. The van der Waals surface area contributed by atoms with Crippen LogP contribution in [0.15, 0.2) is 365 Å². The summed E-state index contributed by atoms with van der Waals surface area (Å²) in [6, 6.07) is 109. The quantitative estimate of drug-likeness (QED) is 0.137. The number of para-hydroxylation sites is 3. The van der Waals surface area contributed by atoms with Gasteiger partial charge in [-0.2, -0.15) is 0 Å². The Morgan fingerprint density at radius 2 is 0.248 bits per heavy atom. The number of fused-ring (bicyclic) bond motifs is 3. The Hall–Kier alpha value is -7.42. The third-order valence-electron chi connectivity index (χ3n) is 11.9. The third-order valence-corrected chi connectivity index (χ3v) is 11.9. The second-order valence-corrected chi connectivity index (χ2v) is 20.3. The first-order valence-electron chi connectivity index (χ1n) is 36.7. The molecule has 15 heteroatoms. The van der Waals surface area contributed by atoms with Gasteiger partial charge >= 0.3 is 0 Å². The van der Waals surface area contributed by atoms with Gasteiger partial charge in [-0.05, 0) is 98.7 Å². The summed E-state index contributed by atoms with van der Waals surface area (Å²) < 4.78 is 0. The van der Waals surface area contributed by atoms with Crippen molar-refractivity contribution in [2.24, 2.45) is 0 Å². The number of rotatable bonds is 0. The zero-order valence-electron chi connectivity index (χ0n) is 75.6. The molecule has 0 aliphatic carbocycles. The molecule has 636 valence electrons. The topological polar surface area (TPSA) is 116 Å². The van der Waals surface area contributed by atoms with E-state index in [1.807, 2.05) is 437 Å². The molecule has 0 unspecified atom stereocenters. The van der Waals surface area contributed by atoms with Crippen LogP contribution < -0.4 is 0 Å². The maximum atomic E-state index is 4.38. The first kappa shape index (κ1) is 144. The predicted molar refractivity (Wildman–Crippen MR) is 499 cm³/mol. The summed E-state index contributed by atoms with van der Waals surface area (Å²) in [6.45, 7) is 41.6. The molecule has 0 amide bonds. The van der Waals surface area contributed by atoms with Crippen molar-refractivity contribution in [1.29, 1.82) is 0 Å². The number of benzene rings is 9. The van der Waals surface area contributed by atoms with E-state index in [0.717, 1.165) is 67.8 Å². The van der Waals surface area contributed by atoms with Crippen LogP contribution in [0.25, 0.3) is 32.7 Å². The molecule has 117 heavy (non-hydrogen) atoms. The van der Waals surface area contributed by atoms with Gasteiger partial charge in [-0.3, -0.25) is 44.9 Å². The summed E-state index contributed by atoms with van der Waals surface area (Å²) in [5, 5.41) is 3.62. The van der Waals surface area contributed by atoms with Gasteiger partial charge in [0.15, 0.2) is 0 Å². The van der Waals surface area contributed by atoms with Crippen LogP contribution in [0.2, 0.25) is 0 Å². The molecule has 9 nitrogen and oxygen atoms in total. The smallest absolute Gasteiger partial charge is 0.0705 e. The molecule has 0 aliphatic rings. The number of hydrogen-bond acceptors (Lipinski definition) is 9. The van der Waals surface area contributed by atoms with E-state index in [9.17, 15) is 0 Å². The van der Waals surface area contributed by atoms with Gasteiger partial charge in [-0.25, -0.2) is 0 Å². The maximum Gasteiger partial charge on any atom is 0.0705 e. The fourth-order valence-corrected chi connectivity index (χ4v) is 7.18. The number of hydrogen-bond donors (Lipinski definition) is 0. The van der Waals surface area contributed by atoms with Crippen molar-refractivity contribution in [3.8, 4) is 0 Å². The second-order valence-electron chi connectivity index (χ2n) is 20.3. The molecular formula is C102H141N9W6-6. The molecule has 0 saturated heterocycles. The van der Waals surface area contributed by atoms with E-state index in [2.05, 4.69) is 81.3 Å². The summed E-state index contributed by atoms with van der Waals surface area (Å²) in [5.74, 6) is 0. The molecule has 0 spiro atoms. The Kier molecular flexibility index (Phi) is 137. The predicted octanol–water partition coefficient (Wildman–Crippen LogP) is 29.9. The molecule has 0 saturated carbocycles. The van der Waals surface area contributed by atoms with Gasteiger partial charge in [0.05, 0.1) is 50.7 Å². The standard InChI is InChI=1S/3C10H9N.3C6H8N2.6C6H6.6C2H6.6CH3.6W/c3*1-8-6-7-9-4-2-3-5-10(9)11-8;3*1-5-3-8-6(2)4-7-5;6*1-2-4-6-5-3-1;6*1-2;;;;;;;;;;;;/h3*2-7H,1H3;3*3-4H,1-2H3;6*1-6H;6*1-2H3;6*1H3;;;;;;/q;;;;;;;;;;;;;;;;;;6*-1;;;;;;. The second kappa shape index (κ2) is 111. The Bertz CT molecular complexity index is 3440. The van der Waals surface area contributed by atoms with E-state index < -0.39 is 0 Å². The third kappa shape index (κ3) is 87.7. The van der Waals surface area contributed by atoms with Gasteiger partial charge in [0.2, 0.25) is 0 Å². The van der Waals surface area contributed by atoms with Gasteiger partial charge in [0.1, 0.15) is 0 Å². The maximum absolute atomic E-state index is 4.38. The number of nitrogens with zero attached hydrogens (tertiary/aromatic N) is 9. The van der Waals surface area contributed by atoms with Gasteiger partial charge < -0.3 is 44.6 Å². The van der Waals surface area contributed by atoms with Gasteiger partial charge in [0.25, 0.3) is 0 Å². The van der Waals surface area contributed by atoms with E-state index >= 15 is 0 Å². The largest absolute Gasteiger partial charge is 0.358 e. The first-order valence-corrected chi connectivity index (χ1v) is 36.7. The van der Waals surface area contributed by atoms with Crippen molar-refractivity contribution < 1.29 is 126 Å². The van der Waals surface area contributed by atoms with Crippen LogP contribution in [0.1, 0.15) is 134 Å². The molecule has 0 N–H and O–H groups in total. The summed E-state index contributed by atoms with van der Waals surface area (Å²) in [7, 11) is 0. The molecule has 15 rings (SSSR count). The van der Waals surface area contributed by atoms with Crippen LogP contribution in [0.4, 0.5) is 0 Å². The average molecular weight is 2600 g/mol. The van der Waals surface area contributed by atoms with Crippen LogP contribution in [0.5, 0.6) is 0 Å². The Balaban J connectivity index is -0.0000000735. The molecule has 6 heterocycles. The van der Waals surface area contributed by atoms with Crippen molar-refractivity contribution in [1.82, 2.24) is 44.9 Å². The molecule has 0 radical (unpaired) electrons. The SMILES string of the molecule is CC.CC.CC.CC.CC.CC.Cc1ccc2ccccc2n1.Cc1ccc2ccccc2n1.Cc1ccc2ccccc2n1.Cc1cnc(C)cn1.Cc1cnc(C)cn1.Cc1cnc(C)cn1.[CH3-].[CH3-].[CH3-].[CH3-].[CH3-].[CH3-].[W].[W].[W].[W].[W].[W].c1ccccc1.c1ccccc1.c1ccccc1.c1ccccc1.c1ccccc1.c1ccccc1. The molecule has 0 atom stereocenters. The molecule has 0 fully saturated rings. The summed E-state index contributed by atoms with van der Waals surface area (Å²) in [5.41, 5.74) is 12.3. The van der Waals surface area contributed by atoms with E-state index in [1.165, 1.54) is 16.2 Å². The molecule has 0 bridgehead atoms. The summed E-state index contributed by atoms with van der Waals surface area (Å²) in [4.78, 5) is 37.2. The van der Waals surface area contributed by atoms with Gasteiger partial charge in [-0.15, -0.1) is 0 Å². The van der Waals surface area contributed by atoms with E-state index in [1.54, 1.807) is 37.2 Å². The number of pyridine rings is 3. The minimum atomic E-state index is 0. The van der Waals surface area contributed by atoms with Crippen molar-refractivity contribution in [3.63, 3.8) is 0 Å². The van der Waals surface area contributed by atoms with Crippen molar-refractivity contribution >= 4 is 32.7 Å². The van der Waals surface area contributed by atoms with E-state index in [0.29, 0.717) is 0 Å². The average Bonchev–Trinajstić information content (AvgIpc) is 0.869. The van der Waals surface area contributed by atoms with Crippen LogP contribution in [0.3, 0.4) is 0 Å². The molecule has 15 aromatic rings. The summed E-state index contributed by atoms with van der Waals surface area (Å²) in [6.07, 6.45) is 10.6. The molecule has 9 aromatic carbocycles. The minimum Gasteiger partial charge on any atom is -0.358 e. The zero-order valence-corrected chi connectivity index (χ0v) is 93.2. The normalized spacial score (nSPS) is 7.56.